The number of rotatable bonds is 2. The van der Waals surface area contributed by atoms with E-state index in [0.717, 1.165) is 32.1 Å². The maximum Gasteiger partial charge on any atom is 0.126 e. The van der Waals surface area contributed by atoms with E-state index in [-0.39, 0.29) is 11.9 Å². The predicted octanol–water partition coefficient (Wildman–Crippen LogP) is 3.57. The second kappa shape index (κ2) is 5.15. The smallest absolute Gasteiger partial charge is 0.126 e. The van der Waals surface area contributed by atoms with Crippen LogP contribution >= 0.6 is 11.6 Å². The minimum Gasteiger partial charge on any atom is -0.393 e. The van der Waals surface area contributed by atoms with Gasteiger partial charge in [0.1, 0.15) is 5.82 Å². The molecule has 0 spiro atoms. The number of benzene rings is 1. The van der Waals surface area contributed by atoms with Gasteiger partial charge in [0.15, 0.2) is 0 Å². The molecule has 2 rings (SSSR count). The van der Waals surface area contributed by atoms with E-state index in [4.69, 9.17) is 11.6 Å². The van der Waals surface area contributed by atoms with Crippen molar-refractivity contribution in [3.63, 3.8) is 0 Å². The van der Waals surface area contributed by atoms with E-state index >= 15 is 0 Å². The molecule has 16 heavy (non-hydrogen) atoms. The first-order chi connectivity index (χ1) is 7.65. The minimum absolute atomic E-state index is 0.152. The fourth-order valence-electron chi connectivity index (χ4n) is 2.36. The monoisotopic (exact) mass is 242 g/mol. The molecule has 1 nitrogen and oxygen atoms in total. The van der Waals surface area contributed by atoms with Crippen molar-refractivity contribution in [1.82, 2.24) is 0 Å². The first kappa shape index (κ1) is 11.9. The average molecular weight is 243 g/mol. The summed E-state index contributed by atoms with van der Waals surface area (Å²) in [6.07, 6.45) is 4.22. The van der Waals surface area contributed by atoms with Crippen molar-refractivity contribution in [2.24, 2.45) is 5.92 Å². The van der Waals surface area contributed by atoms with Crippen LogP contribution < -0.4 is 0 Å². The number of hydrogen-bond donors (Lipinski definition) is 1. The van der Waals surface area contributed by atoms with Gasteiger partial charge in [-0.1, -0.05) is 11.6 Å². The van der Waals surface area contributed by atoms with Gasteiger partial charge in [-0.05, 0) is 61.8 Å². The number of halogens is 2. The lowest BCUT2D eigenvalue weighted by Gasteiger charge is -2.25. The van der Waals surface area contributed by atoms with Crippen LogP contribution in [0.1, 0.15) is 31.2 Å². The molecule has 1 aliphatic rings. The third-order valence-corrected chi connectivity index (χ3v) is 3.57. The zero-order valence-corrected chi connectivity index (χ0v) is 9.88. The van der Waals surface area contributed by atoms with Gasteiger partial charge < -0.3 is 5.11 Å². The molecule has 3 heteroatoms. The lowest BCUT2D eigenvalue weighted by atomic mass is 9.83. The van der Waals surface area contributed by atoms with Crippen molar-refractivity contribution < 1.29 is 9.50 Å². The topological polar surface area (TPSA) is 20.2 Å². The normalized spacial score (nSPS) is 25.7. The molecule has 0 heterocycles. The Balaban J connectivity index is 2.00. The van der Waals surface area contributed by atoms with Crippen LogP contribution in [-0.4, -0.2) is 11.2 Å². The Bertz CT molecular complexity index is 359. The first-order valence-corrected chi connectivity index (χ1v) is 6.15. The van der Waals surface area contributed by atoms with Crippen molar-refractivity contribution in [3.05, 3.63) is 34.6 Å². The zero-order chi connectivity index (χ0) is 11.5. The van der Waals surface area contributed by atoms with Crippen LogP contribution in [0, 0.1) is 11.7 Å². The molecule has 1 saturated carbocycles. The van der Waals surface area contributed by atoms with Crippen LogP contribution in [0.25, 0.3) is 0 Å². The Hall–Kier alpha value is -0.600. The summed E-state index contributed by atoms with van der Waals surface area (Å²) >= 11 is 5.85. The Labute approximate surface area is 100 Å². The van der Waals surface area contributed by atoms with Gasteiger partial charge in [-0.2, -0.15) is 0 Å². The maximum absolute atomic E-state index is 13.5. The van der Waals surface area contributed by atoms with Gasteiger partial charge in [0.05, 0.1) is 6.10 Å². The second-order valence-electron chi connectivity index (χ2n) is 4.61. The Morgan fingerprint density at radius 2 is 1.94 bits per heavy atom. The fraction of sp³-hybridized carbons (Fsp3) is 0.538. The van der Waals surface area contributed by atoms with Gasteiger partial charge in [0.2, 0.25) is 0 Å². The molecule has 1 aromatic rings. The lowest BCUT2D eigenvalue weighted by Crippen LogP contribution is -2.19. The predicted molar refractivity (Wildman–Crippen MR) is 63.1 cm³/mol. The van der Waals surface area contributed by atoms with Crippen molar-refractivity contribution in [2.45, 2.75) is 38.2 Å². The molecule has 0 saturated heterocycles. The molecule has 0 radical (unpaired) electrons. The lowest BCUT2D eigenvalue weighted by molar-refractivity contribution is 0.108. The largest absolute Gasteiger partial charge is 0.393 e. The van der Waals surface area contributed by atoms with Gasteiger partial charge in [0.25, 0.3) is 0 Å². The fourth-order valence-corrected chi connectivity index (χ4v) is 2.55. The van der Waals surface area contributed by atoms with E-state index in [2.05, 4.69) is 0 Å². The van der Waals surface area contributed by atoms with E-state index in [9.17, 15) is 9.50 Å². The third-order valence-electron chi connectivity index (χ3n) is 3.33. The van der Waals surface area contributed by atoms with Crippen molar-refractivity contribution in [3.8, 4) is 0 Å². The van der Waals surface area contributed by atoms with Crippen LogP contribution in [0.5, 0.6) is 0 Å². The highest BCUT2D eigenvalue weighted by atomic mass is 35.5. The zero-order valence-electron chi connectivity index (χ0n) is 9.13. The van der Waals surface area contributed by atoms with Crippen LogP contribution in [0.4, 0.5) is 4.39 Å². The standard InChI is InChI=1S/C13H16ClFO/c14-11-3-6-13(15)10(8-11)7-9-1-4-12(16)5-2-9/h3,6,8-9,12,16H,1-2,4-5,7H2. The highest BCUT2D eigenvalue weighted by Crippen LogP contribution is 2.28. The summed E-state index contributed by atoms with van der Waals surface area (Å²) in [5, 5.41) is 9.99. The summed E-state index contributed by atoms with van der Waals surface area (Å²) in [5.74, 6) is 0.312. The summed E-state index contributed by atoms with van der Waals surface area (Å²) in [7, 11) is 0. The molecule has 0 atom stereocenters. The van der Waals surface area contributed by atoms with Gasteiger partial charge in [0, 0.05) is 5.02 Å². The Morgan fingerprint density at radius 1 is 1.25 bits per heavy atom. The summed E-state index contributed by atoms with van der Waals surface area (Å²) < 4.78 is 13.5. The van der Waals surface area contributed by atoms with Gasteiger partial charge in [-0.3, -0.25) is 0 Å². The summed E-state index contributed by atoms with van der Waals surface area (Å²) in [5.41, 5.74) is 0.703. The number of aliphatic hydroxyl groups excluding tert-OH is 1. The molecule has 1 fully saturated rings. The van der Waals surface area contributed by atoms with Crippen LogP contribution in [-0.2, 0) is 6.42 Å². The molecular formula is C13H16ClFO. The number of hydrogen-bond acceptors (Lipinski definition) is 1. The van der Waals surface area contributed by atoms with E-state index in [1.54, 1.807) is 12.1 Å². The van der Waals surface area contributed by atoms with Crippen LogP contribution in [0.3, 0.4) is 0 Å². The quantitative estimate of drug-likeness (QED) is 0.841. The SMILES string of the molecule is OC1CCC(Cc2cc(Cl)ccc2F)CC1. The molecule has 1 N–H and O–H groups in total. The van der Waals surface area contributed by atoms with Crippen LogP contribution in [0.2, 0.25) is 5.02 Å². The Kier molecular flexibility index (Phi) is 3.82. The van der Waals surface area contributed by atoms with E-state index in [1.807, 2.05) is 0 Å². The van der Waals surface area contributed by atoms with Gasteiger partial charge in [-0.25, -0.2) is 4.39 Å². The van der Waals surface area contributed by atoms with E-state index < -0.39 is 0 Å². The summed E-state index contributed by atoms with van der Waals surface area (Å²) in [6.45, 7) is 0. The molecule has 0 aromatic heterocycles. The average Bonchev–Trinajstić information content (AvgIpc) is 2.27. The maximum atomic E-state index is 13.5. The molecular weight excluding hydrogens is 227 g/mol. The van der Waals surface area contributed by atoms with Crippen molar-refractivity contribution in [1.29, 1.82) is 0 Å². The highest BCUT2D eigenvalue weighted by molar-refractivity contribution is 6.30. The molecule has 0 unspecified atom stereocenters. The molecule has 1 aromatic carbocycles. The molecule has 0 aliphatic heterocycles. The second-order valence-corrected chi connectivity index (χ2v) is 5.05. The van der Waals surface area contributed by atoms with Crippen LogP contribution in [0.15, 0.2) is 18.2 Å². The molecule has 1 aliphatic carbocycles. The summed E-state index contributed by atoms with van der Waals surface area (Å²) in [4.78, 5) is 0. The molecule has 0 bridgehead atoms. The van der Waals surface area contributed by atoms with Gasteiger partial charge in [-0.15, -0.1) is 0 Å². The Morgan fingerprint density at radius 3 is 2.62 bits per heavy atom. The van der Waals surface area contributed by atoms with Crippen molar-refractivity contribution in [2.75, 3.05) is 0 Å². The minimum atomic E-state index is -0.171. The van der Waals surface area contributed by atoms with E-state index in [0.29, 0.717) is 16.5 Å². The molecule has 88 valence electrons. The van der Waals surface area contributed by atoms with E-state index in [1.165, 1.54) is 6.07 Å². The first-order valence-electron chi connectivity index (χ1n) is 5.77. The van der Waals surface area contributed by atoms with Crippen molar-refractivity contribution >= 4 is 11.6 Å². The third kappa shape index (κ3) is 2.96. The molecule has 0 amide bonds. The van der Waals surface area contributed by atoms with Gasteiger partial charge >= 0.3 is 0 Å². The number of aliphatic hydroxyl groups is 1. The highest BCUT2D eigenvalue weighted by Gasteiger charge is 2.20. The summed E-state index contributed by atoms with van der Waals surface area (Å²) in [6, 6.07) is 4.71.